The Hall–Kier alpha value is -5.26. The standard InChI is InChI=1S/C42H40FN5O4S/c1-25-19-31(39(44-22-25)47-23-42(24-47)14-17-52-18-15-42)34(49)20-28-8-10-29(11-9-28)41(51)48-16-13-30-21-35(40(50)46-36-26(2)5-4-6-32(36)43)53-38(30)37-33(48)12-7-27(3)45-37/h4-12,19,21-22H,13-18,20,23-24H2,1-3H3,(H,46,50). The van der Waals surface area contributed by atoms with E-state index in [9.17, 15) is 18.8 Å². The second-order valence-electron chi connectivity index (χ2n) is 14.5. The highest BCUT2D eigenvalue weighted by Crippen LogP contribution is 2.43. The van der Waals surface area contributed by atoms with Crippen LogP contribution in [0.1, 0.15) is 71.2 Å². The number of hydrogen-bond acceptors (Lipinski definition) is 8. The highest BCUT2D eigenvalue weighted by atomic mass is 32.1. The molecule has 3 aliphatic rings. The maximum absolute atomic E-state index is 14.5. The number of amides is 2. The molecule has 53 heavy (non-hydrogen) atoms. The number of para-hydroxylation sites is 1. The number of fused-ring (bicyclic) bond motifs is 3. The molecule has 9 nitrogen and oxygen atoms in total. The number of aromatic nitrogens is 2. The first kappa shape index (κ1) is 34.8. The van der Waals surface area contributed by atoms with Crippen LogP contribution in [0.2, 0.25) is 0 Å². The van der Waals surface area contributed by atoms with Gasteiger partial charge in [0.15, 0.2) is 5.78 Å². The third kappa shape index (κ3) is 6.75. The van der Waals surface area contributed by atoms with E-state index >= 15 is 0 Å². The Morgan fingerprint density at radius 3 is 2.51 bits per heavy atom. The lowest BCUT2D eigenvalue weighted by molar-refractivity contribution is -0.000515. The van der Waals surface area contributed by atoms with Gasteiger partial charge in [0.2, 0.25) is 0 Å². The van der Waals surface area contributed by atoms with E-state index in [1.165, 1.54) is 17.4 Å². The summed E-state index contributed by atoms with van der Waals surface area (Å²) >= 11 is 1.29. The van der Waals surface area contributed by atoms with Crippen LogP contribution in [0.3, 0.4) is 0 Å². The molecule has 5 aromatic rings. The number of aryl methyl sites for hydroxylation is 3. The molecule has 6 heterocycles. The van der Waals surface area contributed by atoms with Gasteiger partial charge in [-0.3, -0.25) is 19.4 Å². The van der Waals surface area contributed by atoms with E-state index in [-0.39, 0.29) is 29.2 Å². The van der Waals surface area contributed by atoms with Crippen molar-refractivity contribution in [2.24, 2.45) is 5.41 Å². The van der Waals surface area contributed by atoms with Crippen LogP contribution in [0.25, 0.3) is 10.6 Å². The largest absolute Gasteiger partial charge is 0.381 e. The summed E-state index contributed by atoms with van der Waals surface area (Å²) in [4.78, 5) is 55.9. The van der Waals surface area contributed by atoms with E-state index in [2.05, 4.69) is 10.2 Å². The van der Waals surface area contributed by atoms with Gasteiger partial charge in [0, 0.05) is 62.1 Å². The molecule has 0 radical (unpaired) electrons. The third-order valence-electron chi connectivity index (χ3n) is 10.6. The molecule has 0 saturated carbocycles. The van der Waals surface area contributed by atoms with Crippen molar-refractivity contribution in [1.82, 2.24) is 9.97 Å². The van der Waals surface area contributed by atoms with Gasteiger partial charge in [-0.1, -0.05) is 24.3 Å². The van der Waals surface area contributed by atoms with Gasteiger partial charge in [-0.05, 0) is 105 Å². The topological polar surface area (TPSA) is 105 Å². The van der Waals surface area contributed by atoms with Gasteiger partial charge in [-0.2, -0.15) is 0 Å². The van der Waals surface area contributed by atoms with Crippen LogP contribution in [-0.4, -0.2) is 60.4 Å². The number of ether oxygens (including phenoxy) is 1. The average molecular weight is 730 g/mol. The number of carbonyl (C=O) groups is 3. The molecule has 2 saturated heterocycles. The lowest BCUT2D eigenvalue weighted by atomic mass is 9.73. The first-order valence-electron chi connectivity index (χ1n) is 18.0. The Kier molecular flexibility index (Phi) is 9.16. The van der Waals surface area contributed by atoms with Crippen LogP contribution in [0.5, 0.6) is 0 Å². The van der Waals surface area contributed by atoms with Crippen molar-refractivity contribution < 1.29 is 23.5 Å². The van der Waals surface area contributed by atoms with Crippen LogP contribution in [0.4, 0.5) is 21.6 Å². The van der Waals surface area contributed by atoms with Crippen molar-refractivity contribution in [2.45, 2.75) is 46.5 Å². The molecule has 3 aliphatic heterocycles. The second kappa shape index (κ2) is 13.9. The van der Waals surface area contributed by atoms with Crippen LogP contribution >= 0.6 is 11.3 Å². The number of rotatable bonds is 7. The number of pyridine rings is 2. The maximum Gasteiger partial charge on any atom is 0.265 e. The average Bonchev–Trinajstić information content (AvgIpc) is 3.51. The first-order valence-corrected chi connectivity index (χ1v) is 18.8. The molecule has 2 amide bonds. The summed E-state index contributed by atoms with van der Waals surface area (Å²) in [5.74, 6) is -0.320. The van der Waals surface area contributed by atoms with Gasteiger partial charge in [0.25, 0.3) is 11.8 Å². The van der Waals surface area contributed by atoms with Crippen LogP contribution in [0, 0.1) is 32.0 Å². The number of nitrogens with one attached hydrogen (secondary N) is 1. The first-order chi connectivity index (χ1) is 25.6. The molecule has 270 valence electrons. The van der Waals surface area contributed by atoms with E-state index in [0.29, 0.717) is 45.9 Å². The Bertz CT molecular complexity index is 2230. The number of nitrogens with zero attached hydrogens (tertiary/aromatic N) is 4. The van der Waals surface area contributed by atoms with Gasteiger partial charge in [-0.15, -0.1) is 11.3 Å². The minimum Gasteiger partial charge on any atom is -0.381 e. The lowest BCUT2D eigenvalue weighted by Gasteiger charge is -2.53. The van der Waals surface area contributed by atoms with Gasteiger partial charge >= 0.3 is 0 Å². The predicted molar refractivity (Wildman–Crippen MR) is 205 cm³/mol. The van der Waals surface area contributed by atoms with Crippen molar-refractivity contribution >= 4 is 46.1 Å². The van der Waals surface area contributed by atoms with Gasteiger partial charge < -0.3 is 19.9 Å². The number of benzene rings is 2. The minimum atomic E-state index is -0.489. The second-order valence-corrected chi connectivity index (χ2v) is 15.6. The maximum atomic E-state index is 14.5. The van der Waals surface area contributed by atoms with Crippen LogP contribution in [0.15, 0.2) is 72.9 Å². The summed E-state index contributed by atoms with van der Waals surface area (Å²) in [6, 6.07) is 19.5. The molecule has 1 N–H and O–H groups in total. The zero-order valence-corrected chi connectivity index (χ0v) is 30.8. The molecular weight excluding hydrogens is 690 g/mol. The summed E-state index contributed by atoms with van der Waals surface area (Å²) in [6.07, 6.45) is 4.60. The van der Waals surface area contributed by atoms with Crippen molar-refractivity contribution in [3.8, 4) is 10.6 Å². The Morgan fingerprint density at radius 2 is 1.75 bits per heavy atom. The van der Waals surface area contributed by atoms with Crippen LogP contribution < -0.4 is 15.1 Å². The molecule has 11 heteroatoms. The summed E-state index contributed by atoms with van der Waals surface area (Å²) in [5.41, 5.74) is 6.91. The van der Waals surface area contributed by atoms with Crippen molar-refractivity contribution in [2.75, 3.05) is 48.0 Å². The Balaban J connectivity index is 0.990. The number of anilines is 3. The van der Waals surface area contributed by atoms with E-state index in [1.54, 1.807) is 36.1 Å². The van der Waals surface area contributed by atoms with Gasteiger partial charge in [-0.25, -0.2) is 9.37 Å². The van der Waals surface area contributed by atoms with E-state index in [4.69, 9.17) is 14.7 Å². The monoisotopic (exact) mass is 729 g/mol. The molecule has 2 fully saturated rings. The molecule has 0 bridgehead atoms. The van der Waals surface area contributed by atoms with Crippen molar-refractivity contribution in [1.29, 1.82) is 0 Å². The zero-order chi connectivity index (χ0) is 36.9. The molecular formula is C42H40FN5O4S. The molecule has 8 rings (SSSR count). The predicted octanol–water partition coefficient (Wildman–Crippen LogP) is 7.77. The molecule has 0 unspecified atom stereocenters. The Morgan fingerprint density at radius 1 is 0.981 bits per heavy atom. The highest BCUT2D eigenvalue weighted by molar-refractivity contribution is 7.17. The van der Waals surface area contributed by atoms with E-state index in [0.717, 1.165) is 72.2 Å². The smallest absolute Gasteiger partial charge is 0.265 e. The lowest BCUT2D eigenvalue weighted by Crippen LogP contribution is -2.59. The molecule has 0 aliphatic carbocycles. The van der Waals surface area contributed by atoms with Crippen molar-refractivity contribution in [3.63, 3.8) is 0 Å². The summed E-state index contributed by atoms with van der Waals surface area (Å²) in [6.45, 7) is 9.31. The quantitative estimate of drug-likeness (QED) is 0.171. The number of carbonyl (C=O) groups excluding carboxylic acids is 3. The molecule has 0 atom stereocenters. The number of thiophene rings is 1. The molecule has 1 spiro atoms. The van der Waals surface area contributed by atoms with E-state index < -0.39 is 11.7 Å². The summed E-state index contributed by atoms with van der Waals surface area (Å²) in [5, 5.41) is 2.74. The third-order valence-corrected chi connectivity index (χ3v) is 11.8. The molecule has 2 aromatic carbocycles. The Labute approximate surface area is 311 Å². The fourth-order valence-corrected chi connectivity index (χ4v) is 8.75. The van der Waals surface area contributed by atoms with E-state index in [1.807, 2.05) is 56.4 Å². The van der Waals surface area contributed by atoms with Gasteiger partial charge in [0.05, 0.1) is 26.7 Å². The number of halogens is 1. The SMILES string of the molecule is Cc1cnc(N2CC3(CCOCC3)C2)c(C(=O)Cc2ccc(C(=O)N3CCc4cc(C(=O)Nc5c(C)cccc5F)sc4-c4nc(C)ccc43)cc2)c1. The van der Waals surface area contributed by atoms with Crippen molar-refractivity contribution in [3.05, 3.63) is 123 Å². The normalized spacial score (nSPS) is 16.0. The molecule has 3 aromatic heterocycles. The number of ketones is 1. The van der Waals surface area contributed by atoms with Gasteiger partial charge in [0.1, 0.15) is 17.3 Å². The fourth-order valence-electron chi connectivity index (χ4n) is 7.64. The number of Topliss-reactive ketones (excluding diaryl/α,β-unsaturated/α-hetero) is 1. The highest BCUT2D eigenvalue weighted by Gasteiger charge is 2.45. The zero-order valence-electron chi connectivity index (χ0n) is 30.0. The fraction of sp³-hybridized carbons (Fsp3) is 0.310. The van der Waals surface area contributed by atoms with Crippen LogP contribution in [-0.2, 0) is 17.6 Å². The summed E-state index contributed by atoms with van der Waals surface area (Å²) < 4.78 is 20.1. The minimum absolute atomic E-state index is 0.00525. The summed E-state index contributed by atoms with van der Waals surface area (Å²) in [7, 11) is 0. The number of hydrogen-bond donors (Lipinski definition) is 1.